The highest BCUT2D eigenvalue weighted by atomic mass is 16.6. The van der Waals surface area contributed by atoms with Crippen LogP contribution < -0.4 is 0 Å². The third-order valence-corrected chi connectivity index (χ3v) is 4.05. The number of carbonyl (C=O) groups is 1. The highest BCUT2D eigenvalue weighted by molar-refractivity contribution is 5.70. The van der Waals surface area contributed by atoms with Crippen molar-refractivity contribution in [3.8, 4) is 0 Å². The van der Waals surface area contributed by atoms with Gasteiger partial charge in [0.05, 0.1) is 12.1 Å². The zero-order valence-corrected chi connectivity index (χ0v) is 11.0. The van der Waals surface area contributed by atoms with E-state index >= 15 is 0 Å². The largest absolute Gasteiger partial charge is 0.444 e. The molecule has 1 saturated carbocycles. The number of aliphatic hydroxyl groups is 1. The number of ether oxygens (including phenoxy) is 1. The molecule has 2 atom stereocenters. The van der Waals surface area contributed by atoms with E-state index in [0.717, 1.165) is 32.2 Å². The van der Waals surface area contributed by atoms with Crippen LogP contribution in [0.15, 0.2) is 0 Å². The molecular formula is C13H23NO3. The van der Waals surface area contributed by atoms with Crippen LogP contribution in [-0.4, -0.2) is 40.4 Å². The lowest BCUT2D eigenvalue weighted by atomic mass is 9.89. The topological polar surface area (TPSA) is 49.8 Å². The highest BCUT2D eigenvalue weighted by Gasteiger charge is 2.53. The van der Waals surface area contributed by atoms with E-state index in [4.69, 9.17) is 4.74 Å². The molecule has 1 N–H and O–H groups in total. The normalized spacial score (nSPS) is 32.7. The first kappa shape index (κ1) is 12.7. The minimum atomic E-state index is -0.468. The molecular weight excluding hydrogens is 218 g/mol. The quantitative estimate of drug-likeness (QED) is 0.765. The Hall–Kier alpha value is -0.770. The highest BCUT2D eigenvalue weighted by Crippen LogP contribution is 2.47. The van der Waals surface area contributed by atoms with Gasteiger partial charge in [-0.15, -0.1) is 0 Å². The van der Waals surface area contributed by atoms with Crippen LogP contribution in [0.4, 0.5) is 4.79 Å². The van der Waals surface area contributed by atoms with Crippen molar-refractivity contribution in [2.75, 3.05) is 13.2 Å². The van der Waals surface area contributed by atoms with Crippen LogP contribution in [0.5, 0.6) is 0 Å². The van der Waals surface area contributed by atoms with Crippen LogP contribution in [0.25, 0.3) is 0 Å². The van der Waals surface area contributed by atoms with Gasteiger partial charge in [0, 0.05) is 6.54 Å². The Kier molecular flexibility index (Phi) is 3.10. The van der Waals surface area contributed by atoms with Crippen molar-refractivity contribution in [3.05, 3.63) is 0 Å². The van der Waals surface area contributed by atoms with E-state index in [1.54, 1.807) is 4.90 Å². The molecule has 0 unspecified atom stereocenters. The first-order valence-electron chi connectivity index (χ1n) is 6.50. The second kappa shape index (κ2) is 4.16. The predicted molar refractivity (Wildman–Crippen MR) is 64.7 cm³/mol. The summed E-state index contributed by atoms with van der Waals surface area (Å²) in [7, 11) is 0. The van der Waals surface area contributed by atoms with Gasteiger partial charge >= 0.3 is 6.09 Å². The van der Waals surface area contributed by atoms with E-state index in [1.807, 2.05) is 20.8 Å². The zero-order chi connectivity index (χ0) is 12.7. The van der Waals surface area contributed by atoms with Gasteiger partial charge in [-0.05, 0) is 46.0 Å². The van der Waals surface area contributed by atoms with Gasteiger partial charge in [0.25, 0.3) is 0 Å². The Bertz CT molecular complexity index is 310. The Morgan fingerprint density at radius 2 is 2.18 bits per heavy atom. The minimum absolute atomic E-state index is 0.0664. The van der Waals surface area contributed by atoms with Crippen molar-refractivity contribution in [1.82, 2.24) is 4.90 Å². The molecule has 2 aliphatic rings. The number of amides is 1. The number of nitrogens with zero attached hydrogens (tertiary/aromatic N) is 1. The summed E-state index contributed by atoms with van der Waals surface area (Å²) < 4.78 is 5.43. The molecule has 17 heavy (non-hydrogen) atoms. The van der Waals surface area contributed by atoms with Gasteiger partial charge in [0.1, 0.15) is 5.60 Å². The third-order valence-electron chi connectivity index (χ3n) is 4.05. The van der Waals surface area contributed by atoms with Gasteiger partial charge in [0.2, 0.25) is 0 Å². The third kappa shape index (κ3) is 2.15. The lowest BCUT2D eigenvalue weighted by molar-refractivity contribution is -0.00916. The molecule has 0 aromatic rings. The molecule has 4 nitrogen and oxygen atoms in total. The molecule has 1 heterocycles. The minimum Gasteiger partial charge on any atom is -0.444 e. The van der Waals surface area contributed by atoms with E-state index in [-0.39, 0.29) is 18.2 Å². The maximum atomic E-state index is 12.2. The fourth-order valence-corrected chi connectivity index (χ4v) is 3.29. The number of carbonyl (C=O) groups excluding carboxylic acids is 1. The van der Waals surface area contributed by atoms with Crippen molar-refractivity contribution in [3.63, 3.8) is 0 Å². The number of hydrogen-bond donors (Lipinski definition) is 1. The summed E-state index contributed by atoms with van der Waals surface area (Å²) in [5.74, 6) is 0.458. The smallest absolute Gasteiger partial charge is 0.410 e. The molecule has 1 aliphatic carbocycles. The van der Waals surface area contributed by atoms with E-state index in [9.17, 15) is 9.90 Å². The molecule has 0 spiro atoms. The van der Waals surface area contributed by atoms with Gasteiger partial charge in [-0.1, -0.05) is 6.42 Å². The van der Waals surface area contributed by atoms with Crippen LogP contribution in [0.2, 0.25) is 0 Å². The molecule has 1 saturated heterocycles. The molecule has 0 aromatic heterocycles. The van der Waals surface area contributed by atoms with Crippen LogP contribution in [0.1, 0.15) is 46.5 Å². The molecule has 98 valence electrons. The Labute approximate surface area is 103 Å². The van der Waals surface area contributed by atoms with Crippen molar-refractivity contribution >= 4 is 6.09 Å². The first-order chi connectivity index (χ1) is 7.89. The summed E-state index contributed by atoms with van der Waals surface area (Å²) in [6.07, 6.45) is 3.87. The Balaban J connectivity index is 2.13. The van der Waals surface area contributed by atoms with Crippen LogP contribution in [0, 0.1) is 5.92 Å². The second-order valence-corrected chi connectivity index (χ2v) is 6.27. The Morgan fingerprint density at radius 1 is 1.47 bits per heavy atom. The lowest BCUT2D eigenvalue weighted by Crippen LogP contribution is -2.52. The number of fused-ring (bicyclic) bond motifs is 1. The van der Waals surface area contributed by atoms with Crippen molar-refractivity contribution < 1.29 is 14.6 Å². The summed E-state index contributed by atoms with van der Waals surface area (Å²) in [5, 5.41) is 9.70. The Morgan fingerprint density at radius 3 is 2.76 bits per heavy atom. The summed E-state index contributed by atoms with van der Waals surface area (Å²) in [5.41, 5.74) is -0.799. The van der Waals surface area contributed by atoms with Gasteiger partial charge in [-0.25, -0.2) is 4.79 Å². The number of rotatable bonds is 1. The summed E-state index contributed by atoms with van der Waals surface area (Å²) >= 11 is 0. The van der Waals surface area contributed by atoms with Gasteiger partial charge in [0.15, 0.2) is 0 Å². The molecule has 1 amide bonds. The van der Waals surface area contributed by atoms with E-state index in [2.05, 4.69) is 0 Å². The standard InChI is InChI=1S/C13H23NO3/c1-12(2,3)17-11(16)14-8-6-10-5-4-7-13(10,14)9-15/h10,15H,4-9H2,1-3H3/t10-,13+/m0/s1. The first-order valence-corrected chi connectivity index (χ1v) is 6.50. The van der Waals surface area contributed by atoms with Crippen LogP contribution in [-0.2, 0) is 4.74 Å². The van der Waals surface area contributed by atoms with Crippen molar-refractivity contribution in [2.24, 2.45) is 5.92 Å². The lowest BCUT2D eigenvalue weighted by Gasteiger charge is -2.37. The van der Waals surface area contributed by atoms with E-state index in [1.165, 1.54) is 0 Å². The maximum absolute atomic E-state index is 12.2. The average Bonchev–Trinajstić information content (AvgIpc) is 2.70. The zero-order valence-electron chi connectivity index (χ0n) is 11.0. The van der Waals surface area contributed by atoms with Crippen molar-refractivity contribution in [2.45, 2.75) is 57.6 Å². The summed E-state index contributed by atoms with van der Waals surface area (Å²) in [4.78, 5) is 13.9. The summed E-state index contributed by atoms with van der Waals surface area (Å²) in [6.45, 7) is 6.41. The molecule has 2 rings (SSSR count). The number of likely N-dealkylation sites (tertiary alicyclic amines) is 1. The van der Waals surface area contributed by atoms with Gasteiger partial charge in [-0.2, -0.15) is 0 Å². The monoisotopic (exact) mass is 241 g/mol. The van der Waals surface area contributed by atoms with E-state index in [0.29, 0.717) is 5.92 Å². The SMILES string of the molecule is CC(C)(C)OC(=O)N1CC[C@@H]2CCC[C@@]21CO. The number of hydrogen-bond acceptors (Lipinski definition) is 3. The molecule has 0 radical (unpaired) electrons. The second-order valence-electron chi connectivity index (χ2n) is 6.27. The molecule has 0 aromatic carbocycles. The number of aliphatic hydroxyl groups excluding tert-OH is 1. The molecule has 1 aliphatic heterocycles. The predicted octanol–water partition coefficient (Wildman–Crippen LogP) is 2.16. The van der Waals surface area contributed by atoms with Gasteiger partial charge < -0.3 is 9.84 Å². The summed E-state index contributed by atoms with van der Waals surface area (Å²) in [6, 6.07) is 0. The molecule has 0 bridgehead atoms. The van der Waals surface area contributed by atoms with E-state index < -0.39 is 5.60 Å². The fraction of sp³-hybridized carbons (Fsp3) is 0.923. The average molecular weight is 241 g/mol. The maximum Gasteiger partial charge on any atom is 0.410 e. The van der Waals surface area contributed by atoms with Crippen LogP contribution in [0.3, 0.4) is 0 Å². The van der Waals surface area contributed by atoms with Gasteiger partial charge in [-0.3, -0.25) is 4.90 Å². The van der Waals surface area contributed by atoms with Crippen molar-refractivity contribution in [1.29, 1.82) is 0 Å². The van der Waals surface area contributed by atoms with Crippen LogP contribution >= 0.6 is 0 Å². The fourth-order valence-electron chi connectivity index (χ4n) is 3.29. The molecule has 4 heteroatoms. The molecule has 2 fully saturated rings.